The van der Waals surface area contributed by atoms with Crippen molar-refractivity contribution < 1.29 is 28.3 Å². The van der Waals surface area contributed by atoms with Crippen molar-refractivity contribution >= 4 is 13.6 Å². The average Bonchev–Trinajstić information content (AvgIpc) is 2.61. The summed E-state index contributed by atoms with van der Waals surface area (Å²) in [6, 6.07) is 1.37. The summed E-state index contributed by atoms with van der Waals surface area (Å²) < 4.78 is 27.6. The monoisotopic (exact) mass is 319 g/mol. The molecule has 10 nitrogen and oxygen atoms in total. The largest absolute Gasteiger partial charge is 0.472 e. The molecule has 2 aliphatic heterocycles. The lowest BCUT2D eigenvalue weighted by molar-refractivity contribution is -0.0934. The van der Waals surface area contributed by atoms with E-state index in [0.29, 0.717) is 0 Å². The minimum Gasteiger partial charge on any atom is -0.383 e. The fourth-order valence-corrected chi connectivity index (χ4v) is 3.52. The van der Waals surface area contributed by atoms with Gasteiger partial charge >= 0.3 is 13.5 Å². The zero-order valence-corrected chi connectivity index (χ0v) is 11.8. The summed E-state index contributed by atoms with van der Waals surface area (Å²) in [5.74, 6) is 0.0331. The van der Waals surface area contributed by atoms with Crippen molar-refractivity contribution in [3.8, 4) is 0 Å². The first-order chi connectivity index (χ1) is 9.71. The first-order valence-corrected chi connectivity index (χ1v) is 7.58. The van der Waals surface area contributed by atoms with Gasteiger partial charge in [-0.3, -0.25) is 13.6 Å². The Labute approximate surface area is 118 Å². The highest BCUT2D eigenvalue weighted by Gasteiger charge is 2.59. The van der Waals surface area contributed by atoms with Gasteiger partial charge in [0, 0.05) is 6.20 Å². The second kappa shape index (κ2) is 4.60. The number of aliphatic hydroxyl groups is 1. The average molecular weight is 319 g/mol. The summed E-state index contributed by atoms with van der Waals surface area (Å²) in [6.07, 6.45) is -1.73. The molecule has 2 fully saturated rings. The van der Waals surface area contributed by atoms with E-state index in [1.54, 1.807) is 0 Å². The number of hydrogen-bond acceptors (Lipinski definition) is 8. The van der Waals surface area contributed by atoms with Crippen LogP contribution < -0.4 is 11.4 Å². The molecular weight excluding hydrogens is 305 g/mol. The smallest absolute Gasteiger partial charge is 0.383 e. The highest BCUT2D eigenvalue weighted by molar-refractivity contribution is 7.47. The summed E-state index contributed by atoms with van der Waals surface area (Å²) in [6.45, 7) is 1.11. The predicted molar refractivity (Wildman–Crippen MR) is 68.1 cm³/mol. The number of rotatable bonds is 1. The van der Waals surface area contributed by atoms with Crippen LogP contribution in [0.5, 0.6) is 0 Å². The maximum Gasteiger partial charge on any atom is 0.472 e. The van der Waals surface area contributed by atoms with Gasteiger partial charge in [-0.05, 0) is 13.0 Å². The quantitative estimate of drug-likeness (QED) is 0.554. The van der Waals surface area contributed by atoms with Crippen molar-refractivity contribution in [2.45, 2.75) is 31.0 Å². The Morgan fingerprint density at radius 2 is 2.33 bits per heavy atom. The molecule has 1 aromatic rings. The van der Waals surface area contributed by atoms with Crippen molar-refractivity contribution in [3.05, 3.63) is 22.7 Å². The summed E-state index contributed by atoms with van der Waals surface area (Å²) >= 11 is 0. The number of anilines is 1. The second-order valence-corrected chi connectivity index (χ2v) is 6.49. The van der Waals surface area contributed by atoms with Crippen LogP contribution >= 0.6 is 7.82 Å². The normalized spacial score (nSPS) is 42.7. The molecule has 0 saturated carbocycles. The molecule has 0 bridgehead atoms. The summed E-state index contributed by atoms with van der Waals surface area (Å²) in [5.41, 5.74) is 2.96. The standard InChI is InChI=1S/C10H14N3O7P/c1-10(15)7-5(4-18-21(16,17)20-7)19-8(10)13-3-2-6(11)12-9(13)14/h2-3,5,7-8,15H,4H2,1H3,(H,16,17)(H2,11,12,14)/t5-,7-,8-,10-/m1/s1. The Morgan fingerprint density at radius 3 is 3.00 bits per heavy atom. The van der Waals surface area contributed by atoms with E-state index in [0.717, 1.165) is 4.57 Å². The topological polar surface area (TPSA) is 146 Å². The number of ether oxygens (including phenoxy) is 1. The van der Waals surface area contributed by atoms with Crippen LogP contribution in [-0.2, 0) is 18.3 Å². The molecule has 4 N–H and O–H groups in total. The van der Waals surface area contributed by atoms with Crippen LogP contribution in [0.2, 0.25) is 0 Å². The minimum absolute atomic E-state index is 0.0331. The first-order valence-electron chi connectivity index (χ1n) is 6.09. The van der Waals surface area contributed by atoms with Crippen molar-refractivity contribution in [3.63, 3.8) is 0 Å². The van der Waals surface area contributed by atoms with Gasteiger partial charge < -0.3 is 20.5 Å². The Hall–Kier alpha value is -1.29. The molecule has 3 heterocycles. The predicted octanol–water partition coefficient (Wildman–Crippen LogP) is -1.01. The van der Waals surface area contributed by atoms with Gasteiger partial charge in [0.2, 0.25) is 0 Å². The SMILES string of the molecule is C[C@@]1(O)[C@@H]2OP(=O)(O)OC[C@H]2O[C@H]1n1ccc(N)nc1=O. The number of nitrogen functional groups attached to an aromatic ring is 1. The zero-order valence-electron chi connectivity index (χ0n) is 10.9. The van der Waals surface area contributed by atoms with Gasteiger partial charge in [-0.2, -0.15) is 4.98 Å². The molecule has 0 amide bonds. The van der Waals surface area contributed by atoms with Gasteiger partial charge in [-0.15, -0.1) is 0 Å². The van der Waals surface area contributed by atoms with E-state index in [4.69, 9.17) is 15.0 Å². The molecule has 2 saturated heterocycles. The van der Waals surface area contributed by atoms with E-state index in [-0.39, 0.29) is 12.4 Å². The van der Waals surface area contributed by atoms with Crippen LogP contribution in [0.4, 0.5) is 5.82 Å². The van der Waals surface area contributed by atoms with Crippen molar-refractivity contribution in [1.29, 1.82) is 0 Å². The molecule has 5 atom stereocenters. The Balaban J connectivity index is 1.98. The molecule has 21 heavy (non-hydrogen) atoms. The lowest BCUT2D eigenvalue weighted by Gasteiger charge is -2.33. The van der Waals surface area contributed by atoms with Crippen molar-refractivity contribution in [1.82, 2.24) is 9.55 Å². The van der Waals surface area contributed by atoms with E-state index < -0.39 is 37.5 Å². The van der Waals surface area contributed by atoms with Crippen LogP contribution in [0.15, 0.2) is 17.1 Å². The maximum absolute atomic E-state index is 11.9. The number of phosphoric acid groups is 1. The molecule has 11 heteroatoms. The number of nitrogens with two attached hydrogens (primary N) is 1. The summed E-state index contributed by atoms with van der Waals surface area (Å²) in [4.78, 5) is 24.7. The Morgan fingerprint density at radius 1 is 1.62 bits per heavy atom. The van der Waals surface area contributed by atoms with E-state index in [9.17, 15) is 19.4 Å². The molecule has 0 spiro atoms. The zero-order chi connectivity index (χ0) is 15.4. The first kappa shape index (κ1) is 14.6. The minimum atomic E-state index is -4.24. The lowest BCUT2D eigenvalue weighted by Crippen LogP contribution is -2.48. The molecule has 0 aromatic carbocycles. The van der Waals surface area contributed by atoms with Gasteiger partial charge in [0.1, 0.15) is 23.6 Å². The maximum atomic E-state index is 11.9. The molecule has 0 radical (unpaired) electrons. The van der Waals surface area contributed by atoms with Crippen molar-refractivity contribution in [2.24, 2.45) is 0 Å². The van der Waals surface area contributed by atoms with E-state index in [2.05, 4.69) is 9.51 Å². The highest BCUT2D eigenvalue weighted by Crippen LogP contribution is 2.55. The lowest BCUT2D eigenvalue weighted by atomic mass is 9.96. The molecule has 2 aliphatic rings. The van der Waals surface area contributed by atoms with Gasteiger partial charge in [0.25, 0.3) is 0 Å². The highest BCUT2D eigenvalue weighted by atomic mass is 31.2. The fraction of sp³-hybridized carbons (Fsp3) is 0.600. The molecule has 0 aliphatic carbocycles. The van der Waals surface area contributed by atoms with Gasteiger partial charge in [0.15, 0.2) is 6.23 Å². The van der Waals surface area contributed by atoms with Gasteiger partial charge in [-0.1, -0.05) is 0 Å². The molecule has 1 aromatic heterocycles. The summed E-state index contributed by atoms with van der Waals surface area (Å²) in [5, 5.41) is 10.6. The third-order valence-electron chi connectivity index (χ3n) is 3.47. The third-order valence-corrected chi connectivity index (χ3v) is 4.44. The number of phosphoric ester groups is 1. The van der Waals surface area contributed by atoms with Gasteiger partial charge in [0.05, 0.1) is 6.61 Å². The number of fused-ring (bicyclic) bond motifs is 1. The molecule has 1 unspecified atom stereocenters. The van der Waals surface area contributed by atoms with E-state index in [1.807, 2.05) is 0 Å². The number of hydrogen-bond donors (Lipinski definition) is 3. The van der Waals surface area contributed by atoms with Crippen LogP contribution in [0.3, 0.4) is 0 Å². The Kier molecular flexibility index (Phi) is 3.21. The second-order valence-electron chi connectivity index (χ2n) is 5.09. The van der Waals surface area contributed by atoms with Crippen LogP contribution in [-0.4, -0.2) is 44.0 Å². The number of nitrogens with zero attached hydrogens (tertiary/aromatic N) is 2. The van der Waals surface area contributed by atoms with E-state index >= 15 is 0 Å². The number of aromatic nitrogens is 2. The van der Waals surface area contributed by atoms with Crippen LogP contribution in [0, 0.1) is 0 Å². The molecular formula is C10H14N3O7P. The van der Waals surface area contributed by atoms with Crippen molar-refractivity contribution in [2.75, 3.05) is 12.3 Å². The summed E-state index contributed by atoms with van der Waals surface area (Å²) in [7, 11) is -4.24. The van der Waals surface area contributed by atoms with Gasteiger partial charge in [-0.25, -0.2) is 9.36 Å². The van der Waals surface area contributed by atoms with Crippen LogP contribution in [0.25, 0.3) is 0 Å². The fourth-order valence-electron chi connectivity index (χ4n) is 2.49. The molecule has 116 valence electrons. The Bertz CT molecular complexity index is 675. The molecule has 3 rings (SSSR count). The third kappa shape index (κ3) is 2.39. The van der Waals surface area contributed by atoms with E-state index in [1.165, 1.54) is 19.2 Å². The van der Waals surface area contributed by atoms with Crippen LogP contribution in [0.1, 0.15) is 13.2 Å².